The van der Waals surface area contributed by atoms with Crippen molar-refractivity contribution in [2.75, 3.05) is 13.3 Å². The molecule has 1 rings (SSSR count). The monoisotopic (exact) mass is 323 g/mol. The Morgan fingerprint density at radius 1 is 1.53 bits per heavy atom. The summed E-state index contributed by atoms with van der Waals surface area (Å²) >= 11 is 3.15. The van der Waals surface area contributed by atoms with Crippen LogP contribution in [0.5, 0.6) is 0 Å². The fraction of sp³-hybridized carbons (Fsp3) is 0.500. The van der Waals surface area contributed by atoms with Gasteiger partial charge in [-0.3, -0.25) is 4.79 Å². The van der Waals surface area contributed by atoms with Crippen LogP contribution in [-0.2, 0) is 21.2 Å². The minimum atomic E-state index is -3.37. The van der Waals surface area contributed by atoms with Crippen molar-refractivity contribution in [3.05, 3.63) is 22.6 Å². The standard InChI is InChI=1S/C10H14BrNO4S/c1-7(17(3,14)15)10(13)12(2)6-8-4-5-9(11)16-8/h4-5,7H,6H2,1-3H3. The van der Waals surface area contributed by atoms with Crippen molar-refractivity contribution in [2.45, 2.75) is 18.7 Å². The number of halogens is 1. The molecule has 0 aliphatic heterocycles. The lowest BCUT2D eigenvalue weighted by Gasteiger charge is -2.19. The third-order valence-electron chi connectivity index (χ3n) is 2.39. The molecule has 0 radical (unpaired) electrons. The van der Waals surface area contributed by atoms with Crippen LogP contribution >= 0.6 is 15.9 Å². The van der Waals surface area contributed by atoms with Crippen LogP contribution in [0.25, 0.3) is 0 Å². The first-order valence-electron chi connectivity index (χ1n) is 4.90. The fourth-order valence-corrected chi connectivity index (χ4v) is 2.13. The first-order valence-corrected chi connectivity index (χ1v) is 7.64. The molecule has 17 heavy (non-hydrogen) atoms. The third kappa shape index (κ3) is 3.85. The lowest BCUT2D eigenvalue weighted by Crippen LogP contribution is -2.38. The molecular formula is C10H14BrNO4S. The zero-order chi connectivity index (χ0) is 13.2. The van der Waals surface area contributed by atoms with Gasteiger partial charge < -0.3 is 9.32 Å². The molecule has 7 heteroatoms. The molecule has 0 spiro atoms. The summed E-state index contributed by atoms with van der Waals surface area (Å²) in [5.41, 5.74) is 0. The Labute approximate surface area is 109 Å². The smallest absolute Gasteiger partial charge is 0.240 e. The number of furan rings is 1. The number of hydrogen-bond donors (Lipinski definition) is 0. The van der Waals surface area contributed by atoms with Gasteiger partial charge in [-0.25, -0.2) is 8.42 Å². The summed E-state index contributed by atoms with van der Waals surface area (Å²) in [5.74, 6) is 0.147. The summed E-state index contributed by atoms with van der Waals surface area (Å²) in [6.07, 6.45) is 1.05. The maximum absolute atomic E-state index is 11.8. The average Bonchev–Trinajstić information content (AvgIpc) is 2.60. The lowest BCUT2D eigenvalue weighted by molar-refractivity contribution is -0.129. The Morgan fingerprint density at radius 3 is 2.53 bits per heavy atom. The summed E-state index contributed by atoms with van der Waals surface area (Å²) in [5, 5.41) is -1.04. The van der Waals surface area contributed by atoms with Gasteiger partial charge >= 0.3 is 0 Å². The van der Waals surface area contributed by atoms with Gasteiger partial charge in [0, 0.05) is 13.3 Å². The van der Waals surface area contributed by atoms with Crippen LogP contribution in [0.4, 0.5) is 0 Å². The van der Waals surface area contributed by atoms with E-state index < -0.39 is 21.0 Å². The lowest BCUT2D eigenvalue weighted by atomic mass is 10.3. The molecular weight excluding hydrogens is 310 g/mol. The van der Waals surface area contributed by atoms with Gasteiger partial charge in [0.25, 0.3) is 0 Å². The van der Waals surface area contributed by atoms with Crippen molar-refractivity contribution in [1.82, 2.24) is 4.90 Å². The Bertz CT molecular complexity index is 508. The molecule has 0 N–H and O–H groups in total. The maximum atomic E-state index is 11.8. The van der Waals surface area contributed by atoms with E-state index in [1.165, 1.54) is 11.8 Å². The van der Waals surface area contributed by atoms with Crippen molar-refractivity contribution in [3.8, 4) is 0 Å². The van der Waals surface area contributed by atoms with Gasteiger partial charge in [-0.2, -0.15) is 0 Å². The van der Waals surface area contributed by atoms with Gasteiger partial charge in [-0.15, -0.1) is 0 Å². The molecule has 1 aromatic rings. The van der Waals surface area contributed by atoms with Gasteiger partial charge in [0.1, 0.15) is 11.0 Å². The number of carbonyl (C=O) groups is 1. The molecule has 0 fully saturated rings. The van der Waals surface area contributed by atoms with E-state index in [0.717, 1.165) is 6.26 Å². The van der Waals surface area contributed by atoms with E-state index in [2.05, 4.69) is 15.9 Å². The van der Waals surface area contributed by atoms with Gasteiger partial charge in [0.15, 0.2) is 14.5 Å². The second-order valence-corrected chi connectivity index (χ2v) is 7.02. The highest BCUT2D eigenvalue weighted by atomic mass is 79.9. The van der Waals surface area contributed by atoms with Gasteiger partial charge in [-0.1, -0.05) is 0 Å². The summed E-state index contributed by atoms with van der Waals surface area (Å²) in [4.78, 5) is 13.1. The highest BCUT2D eigenvalue weighted by Gasteiger charge is 2.26. The largest absolute Gasteiger partial charge is 0.452 e. The fourth-order valence-electron chi connectivity index (χ4n) is 1.24. The van der Waals surface area contributed by atoms with Crippen LogP contribution in [0.15, 0.2) is 21.2 Å². The van der Waals surface area contributed by atoms with E-state index in [0.29, 0.717) is 10.4 Å². The molecule has 96 valence electrons. The summed E-state index contributed by atoms with van der Waals surface area (Å²) in [6, 6.07) is 3.44. The number of sulfone groups is 1. The minimum absolute atomic E-state index is 0.240. The number of carbonyl (C=O) groups excluding carboxylic acids is 1. The number of rotatable bonds is 4. The first kappa shape index (κ1) is 14.2. The molecule has 1 atom stereocenters. The topological polar surface area (TPSA) is 67.6 Å². The minimum Gasteiger partial charge on any atom is -0.452 e. The highest BCUT2D eigenvalue weighted by Crippen LogP contribution is 2.16. The summed E-state index contributed by atoms with van der Waals surface area (Å²) in [6.45, 7) is 1.62. The van der Waals surface area contributed by atoms with Crippen LogP contribution in [-0.4, -0.2) is 37.8 Å². The molecule has 0 aliphatic rings. The van der Waals surface area contributed by atoms with Gasteiger partial charge in [0.05, 0.1) is 6.54 Å². The Hall–Kier alpha value is -0.820. The van der Waals surface area contributed by atoms with Crippen LogP contribution in [0.1, 0.15) is 12.7 Å². The van der Waals surface area contributed by atoms with E-state index in [1.54, 1.807) is 19.2 Å². The zero-order valence-electron chi connectivity index (χ0n) is 9.81. The van der Waals surface area contributed by atoms with Gasteiger partial charge in [-0.05, 0) is 35.0 Å². The van der Waals surface area contributed by atoms with Gasteiger partial charge in [0.2, 0.25) is 5.91 Å². The van der Waals surface area contributed by atoms with E-state index >= 15 is 0 Å². The van der Waals surface area contributed by atoms with Crippen molar-refractivity contribution in [1.29, 1.82) is 0 Å². The predicted molar refractivity (Wildman–Crippen MR) is 67.2 cm³/mol. The van der Waals surface area contributed by atoms with E-state index in [-0.39, 0.29) is 6.54 Å². The van der Waals surface area contributed by atoms with Crippen LogP contribution in [0.2, 0.25) is 0 Å². The van der Waals surface area contributed by atoms with Crippen molar-refractivity contribution >= 4 is 31.7 Å². The number of hydrogen-bond acceptors (Lipinski definition) is 4. The molecule has 5 nitrogen and oxygen atoms in total. The summed E-state index contributed by atoms with van der Waals surface area (Å²) < 4.78 is 28.3. The van der Waals surface area contributed by atoms with E-state index in [9.17, 15) is 13.2 Å². The molecule has 1 unspecified atom stereocenters. The molecule has 1 amide bonds. The maximum Gasteiger partial charge on any atom is 0.240 e. The molecule has 1 aromatic heterocycles. The Balaban J connectivity index is 2.71. The number of nitrogens with zero attached hydrogens (tertiary/aromatic N) is 1. The third-order valence-corrected chi connectivity index (χ3v) is 4.30. The molecule has 0 saturated carbocycles. The van der Waals surface area contributed by atoms with Crippen LogP contribution in [0, 0.1) is 0 Å². The quantitative estimate of drug-likeness (QED) is 0.840. The summed E-state index contributed by atoms with van der Waals surface area (Å²) in [7, 11) is -1.82. The zero-order valence-corrected chi connectivity index (χ0v) is 12.2. The van der Waals surface area contributed by atoms with E-state index in [1.807, 2.05) is 0 Å². The molecule has 1 heterocycles. The predicted octanol–water partition coefficient (Wildman–Crippen LogP) is 1.43. The second-order valence-electron chi connectivity index (χ2n) is 3.87. The molecule has 0 aromatic carbocycles. The van der Waals surface area contributed by atoms with Crippen LogP contribution < -0.4 is 0 Å². The SMILES string of the molecule is CC(C(=O)N(C)Cc1ccc(Br)o1)S(C)(=O)=O. The Kier molecular flexibility index (Phi) is 4.37. The second kappa shape index (κ2) is 5.22. The van der Waals surface area contributed by atoms with Crippen molar-refractivity contribution in [2.24, 2.45) is 0 Å². The van der Waals surface area contributed by atoms with Crippen LogP contribution in [0.3, 0.4) is 0 Å². The highest BCUT2D eigenvalue weighted by molar-refractivity contribution is 9.10. The molecule has 0 saturated heterocycles. The van der Waals surface area contributed by atoms with Crippen molar-refractivity contribution in [3.63, 3.8) is 0 Å². The molecule has 0 aliphatic carbocycles. The van der Waals surface area contributed by atoms with E-state index in [4.69, 9.17) is 4.42 Å². The average molecular weight is 324 g/mol. The molecule has 0 bridgehead atoms. The Morgan fingerprint density at radius 2 is 2.12 bits per heavy atom. The van der Waals surface area contributed by atoms with Crippen molar-refractivity contribution < 1.29 is 17.6 Å². The first-order chi connectivity index (χ1) is 7.71. The normalized spacial score (nSPS) is 13.4. The number of amides is 1.